The Hall–Kier alpha value is -0.980. The van der Waals surface area contributed by atoms with E-state index in [1.807, 2.05) is 0 Å². The molecule has 0 spiro atoms. The van der Waals surface area contributed by atoms with Crippen molar-refractivity contribution >= 4 is 9.84 Å². The molecule has 2 fully saturated rings. The van der Waals surface area contributed by atoms with E-state index in [2.05, 4.69) is 5.32 Å². The van der Waals surface area contributed by atoms with Crippen molar-refractivity contribution in [1.29, 1.82) is 0 Å². The van der Waals surface area contributed by atoms with Gasteiger partial charge in [0.15, 0.2) is 9.84 Å². The van der Waals surface area contributed by atoms with Crippen LogP contribution >= 0.6 is 0 Å². The molecule has 0 amide bonds. The van der Waals surface area contributed by atoms with Gasteiger partial charge in [0.1, 0.15) is 16.0 Å². The van der Waals surface area contributed by atoms with E-state index in [-0.39, 0.29) is 18.1 Å². The maximum Gasteiger partial charge on any atom is 0.188 e. The second-order valence-corrected chi connectivity index (χ2v) is 8.02. The molecule has 21 heavy (non-hydrogen) atoms. The van der Waals surface area contributed by atoms with Crippen LogP contribution in [0.25, 0.3) is 0 Å². The SMILES string of the molecule is O=S(=O)(c1ccc(CC2CCCCN2)cc1F)C1COC1. The van der Waals surface area contributed by atoms with Crippen LogP contribution in [0.5, 0.6) is 0 Å². The van der Waals surface area contributed by atoms with Crippen molar-refractivity contribution in [1.82, 2.24) is 5.32 Å². The minimum atomic E-state index is -3.60. The summed E-state index contributed by atoms with van der Waals surface area (Å²) in [5, 5.41) is 2.81. The van der Waals surface area contributed by atoms with Gasteiger partial charge in [-0.1, -0.05) is 12.5 Å². The summed E-state index contributed by atoms with van der Waals surface area (Å²) in [4.78, 5) is -0.198. The number of hydrogen-bond donors (Lipinski definition) is 1. The highest BCUT2D eigenvalue weighted by atomic mass is 32.2. The number of benzene rings is 1. The maximum absolute atomic E-state index is 14.2. The Bertz CT molecular complexity index is 607. The molecule has 0 radical (unpaired) electrons. The van der Waals surface area contributed by atoms with E-state index in [0.717, 1.165) is 24.9 Å². The van der Waals surface area contributed by atoms with Crippen molar-refractivity contribution in [2.24, 2.45) is 0 Å². The molecule has 2 heterocycles. The lowest BCUT2D eigenvalue weighted by atomic mass is 9.98. The van der Waals surface area contributed by atoms with Gasteiger partial charge in [0.05, 0.1) is 13.2 Å². The molecule has 0 aromatic heterocycles. The fraction of sp³-hybridized carbons (Fsp3) is 0.600. The second-order valence-electron chi connectivity index (χ2n) is 5.82. The minimum absolute atomic E-state index is 0.162. The quantitative estimate of drug-likeness (QED) is 0.919. The van der Waals surface area contributed by atoms with Crippen LogP contribution in [-0.2, 0) is 21.0 Å². The van der Waals surface area contributed by atoms with Gasteiger partial charge in [-0.05, 0) is 43.5 Å². The monoisotopic (exact) mass is 313 g/mol. The molecule has 2 aliphatic heterocycles. The van der Waals surface area contributed by atoms with E-state index in [9.17, 15) is 12.8 Å². The van der Waals surface area contributed by atoms with Crippen molar-refractivity contribution in [2.75, 3.05) is 19.8 Å². The average molecular weight is 313 g/mol. The van der Waals surface area contributed by atoms with Crippen LogP contribution < -0.4 is 5.32 Å². The van der Waals surface area contributed by atoms with Crippen LogP contribution in [0.1, 0.15) is 24.8 Å². The molecular formula is C15H20FNO3S. The van der Waals surface area contributed by atoms with Gasteiger partial charge < -0.3 is 10.1 Å². The Kier molecular flexibility index (Phi) is 4.28. The van der Waals surface area contributed by atoms with Crippen LogP contribution in [-0.4, -0.2) is 39.5 Å². The third-order valence-electron chi connectivity index (χ3n) is 4.24. The van der Waals surface area contributed by atoms with Crippen LogP contribution in [0.4, 0.5) is 4.39 Å². The summed E-state index contributed by atoms with van der Waals surface area (Å²) < 4.78 is 43.5. The number of nitrogens with one attached hydrogen (secondary N) is 1. The van der Waals surface area contributed by atoms with E-state index >= 15 is 0 Å². The molecule has 4 nitrogen and oxygen atoms in total. The van der Waals surface area contributed by atoms with E-state index in [1.165, 1.54) is 25.0 Å². The fourth-order valence-corrected chi connectivity index (χ4v) is 4.36. The predicted octanol–water partition coefficient (Wildman–Crippen LogP) is 1.68. The highest BCUT2D eigenvalue weighted by Crippen LogP contribution is 2.25. The number of rotatable bonds is 4. The molecule has 6 heteroatoms. The molecule has 1 aromatic rings. The zero-order valence-corrected chi connectivity index (χ0v) is 12.7. The summed E-state index contributed by atoms with van der Waals surface area (Å²) in [6.45, 7) is 1.33. The Balaban J connectivity index is 1.76. The Morgan fingerprint density at radius 1 is 1.29 bits per heavy atom. The van der Waals surface area contributed by atoms with Crippen LogP contribution in [0.3, 0.4) is 0 Å². The molecule has 1 unspecified atom stereocenters. The van der Waals surface area contributed by atoms with Gasteiger partial charge in [-0.15, -0.1) is 0 Å². The number of halogens is 1. The Morgan fingerprint density at radius 2 is 2.10 bits per heavy atom. The van der Waals surface area contributed by atoms with E-state index < -0.39 is 20.9 Å². The molecule has 0 saturated carbocycles. The third kappa shape index (κ3) is 3.12. The summed E-state index contributed by atoms with van der Waals surface area (Å²) in [6.07, 6.45) is 4.20. The first-order valence-electron chi connectivity index (χ1n) is 7.41. The Labute approximate surface area is 124 Å². The first kappa shape index (κ1) is 14.9. The molecule has 2 aliphatic rings. The van der Waals surface area contributed by atoms with Gasteiger partial charge in [-0.3, -0.25) is 0 Å². The molecule has 0 aliphatic carbocycles. The Morgan fingerprint density at radius 3 is 2.67 bits per heavy atom. The lowest BCUT2D eigenvalue weighted by molar-refractivity contribution is 0.0415. The molecule has 116 valence electrons. The summed E-state index contributed by atoms with van der Waals surface area (Å²) in [5.41, 5.74) is 0.843. The zero-order chi connectivity index (χ0) is 14.9. The smallest absolute Gasteiger partial charge is 0.188 e. The zero-order valence-electron chi connectivity index (χ0n) is 11.8. The van der Waals surface area contributed by atoms with Crippen LogP contribution in [0.15, 0.2) is 23.1 Å². The summed E-state index contributed by atoms with van der Waals surface area (Å²) in [5.74, 6) is -0.643. The van der Waals surface area contributed by atoms with Gasteiger partial charge in [0.2, 0.25) is 0 Å². The normalized spacial score (nSPS) is 23.8. The minimum Gasteiger partial charge on any atom is -0.379 e. The van der Waals surface area contributed by atoms with E-state index in [1.54, 1.807) is 6.07 Å². The molecule has 1 aromatic carbocycles. The number of hydrogen-bond acceptors (Lipinski definition) is 4. The maximum atomic E-state index is 14.2. The summed E-state index contributed by atoms with van der Waals surface area (Å²) >= 11 is 0. The molecule has 0 bridgehead atoms. The third-order valence-corrected chi connectivity index (χ3v) is 6.34. The molecule has 2 saturated heterocycles. The van der Waals surface area contributed by atoms with Crippen molar-refractivity contribution in [2.45, 2.75) is 41.9 Å². The van der Waals surface area contributed by atoms with Crippen molar-refractivity contribution in [3.05, 3.63) is 29.6 Å². The molecular weight excluding hydrogens is 293 g/mol. The van der Waals surface area contributed by atoms with Crippen LogP contribution in [0, 0.1) is 5.82 Å². The molecule has 3 rings (SSSR count). The molecule has 1 N–H and O–H groups in total. The van der Waals surface area contributed by atoms with Gasteiger partial charge in [-0.25, -0.2) is 12.8 Å². The van der Waals surface area contributed by atoms with E-state index in [0.29, 0.717) is 6.04 Å². The summed E-state index contributed by atoms with van der Waals surface area (Å²) in [6, 6.07) is 4.86. The molecule has 1 atom stereocenters. The van der Waals surface area contributed by atoms with Crippen molar-refractivity contribution in [3.63, 3.8) is 0 Å². The lowest BCUT2D eigenvalue weighted by Crippen LogP contribution is -2.41. The van der Waals surface area contributed by atoms with Crippen LogP contribution in [0.2, 0.25) is 0 Å². The number of ether oxygens (including phenoxy) is 1. The average Bonchev–Trinajstić information content (AvgIpc) is 2.37. The lowest BCUT2D eigenvalue weighted by Gasteiger charge is -2.26. The van der Waals surface area contributed by atoms with Crippen molar-refractivity contribution in [3.8, 4) is 0 Å². The highest BCUT2D eigenvalue weighted by molar-refractivity contribution is 7.92. The number of piperidine rings is 1. The largest absolute Gasteiger partial charge is 0.379 e. The van der Waals surface area contributed by atoms with Gasteiger partial charge in [0, 0.05) is 6.04 Å². The topological polar surface area (TPSA) is 55.4 Å². The fourth-order valence-electron chi connectivity index (χ4n) is 2.86. The predicted molar refractivity (Wildman–Crippen MR) is 77.5 cm³/mol. The van der Waals surface area contributed by atoms with Gasteiger partial charge in [0.25, 0.3) is 0 Å². The highest BCUT2D eigenvalue weighted by Gasteiger charge is 2.35. The summed E-state index contributed by atoms with van der Waals surface area (Å²) in [7, 11) is -3.60. The van der Waals surface area contributed by atoms with Gasteiger partial charge >= 0.3 is 0 Å². The standard InChI is InChI=1S/C15H20FNO3S/c16-14-8-11(7-12-3-1-2-6-17-12)4-5-15(14)21(18,19)13-9-20-10-13/h4-5,8,12-13,17H,1-3,6-7,9-10H2. The second kappa shape index (κ2) is 6.02. The van der Waals surface area contributed by atoms with Crippen molar-refractivity contribution < 1.29 is 17.5 Å². The van der Waals surface area contributed by atoms with E-state index in [4.69, 9.17) is 4.74 Å². The van der Waals surface area contributed by atoms with Gasteiger partial charge in [-0.2, -0.15) is 0 Å². The number of sulfone groups is 1. The first-order chi connectivity index (χ1) is 10.1. The first-order valence-corrected chi connectivity index (χ1v) is 8.95.